The lowest BCUT2D eigenvalue weighted by Crippen LogP contribution is -2.29. The minimum absolute atomic E-state index is 0.381. The maximum atomic E-state index is 10.9. The van der Waals surface area contributed by atoms with Crippen LogP contribution in [-0.2, 0) is 4.79 Å². The van der Waals surface area contributed by atoms with Crippen molar-refractivity contribution in [3.05, 3.63) is 0 Å². The number of hydrogen-bond donors (Lipinski definition) is 0. The molecule has 0 aromatic heterocycles. The molecular weight excluding hydrogens is 196 g/mol. The Bertz CT molecular complexity index is 226. The fraction of sp³-hybridized carbons (Fsp3) is 0.933. The average Bonchev–Trinajstić information content (AvgIpc) is 2.28. The summed E-state index contributed by atoms with van der Waals surface area (Å²) in [5, 5.41) is 0. The summed E-state index contributed by atoms with van der Waals surface area (Å²) in [6, 6.07) is 0. The normalized spacial score (nSPS) is 45.2. The number of hydrogen-bond acceptors (Lipinski definition) is 1. The monoisotopic (exact) mass is 222 g/mol. The summed E-state index contributed by atoms with van der Waals surface area (Å²) in [5.74, 6) is 3.97. The lowest BCUT2D eigenvalue weighted by Gasteiger charge is -2.39. The van der Waals surface area contributed by atoms with Crippen molar-refractivity contribution in [1.29, 1.82) is 0 Å². The van der Waals surface area contributed by atoms with E-state index in [0.717, 1.165) is 30.1 Å². The molecule has 0 N–H and O–H groups in total. The summed E-state index contributed by atoms with van der Waals surface area (Å²) in [5.41, 5.74) is 0. The van der Waals surface area contributed by atoms with Crippen molar-refractivity contribution in [2.45, 2.75) is 58.8 Å². The number of rotatable bonds is 2. The highest BCUT2D eigenvalue weighted by atomic mass is 16.1. The van der Waals surface area contributed by atoms with Gasteiger partial charge in [0.1, 0.15) is 6.29 Å². The van der Waals surface area contributed by atoms with Gasteiger partial charge < -0.3 is 4.79 Å². The molecule has 0 amide bonds. The van der Waals surface area contributed by atoms with Crippen LogP contribution < -0.4 is 0 Å². The first-order valence-electron chi connectivity index (χ1n) is 7.14. The van der Waals surface area contributed by atoms with Gasteiger partial charge in [-0.1, -0.05) is 26.7 Å². The number of carbonyl (C=O) groups excluding carboxylic acids is 1. The maximum absolute atomic E-state index is 10.9. The Hall–Kier alpha value is -0.330. The standard InChI is InChI=1S/C15H26O/c1-11-6-12(2)8-15(7-11)14-5-3-4-13(9-14)10-16/h10-15H,3-9H2,1-2H3. The van der Waals surface area contributed by atoms with Crippen LogP contribution in [-0.4, -0.2) is 6.29 Å². The third kappa shape index (κ3) is 2.87. The molecule has 0 spiro atoms. The molecule has 2 aliphatic carbocycles. The Morgan fingerprint density at radius 1 is 0.875 bits per heavy atom. The fourth-order valence-electron chi connectivity index (χ4n) is 4.21. The predicted molar refractivity (Wildman–Crippen MR) is 67.2 cm³/mol. The first-order chi connectivity index (χ1) is 7.69. The van der Waals surface area contributed by atoms with Crippen LogP contribution in [0.4, 0.5) is 0 Å². The average molecular weight is 222 g/mol. The molecule has 2 rings (SSSR count). The summed E-state index contributed by atoms with van der Waals surface area (Å²) in [6.45, 7) is 4.81. The first kappa shape index (κ1) is 12.1. The van der Waals surface area contributed by atoms with E-state index in [1.165, 1.54) is 44.8 Å². The smallest absolute Gasteiger partial charge is 0.123 e. The van der Waals surface area contributed by atoms with Gasteiger partial charge in [-0.2, -0.15) is 0 Å². The molecule has 16 heavy (non-hydrogen) atoms. The van der Waals surface area contributed by atoms with Gasteiger partial charge in [0.2, 0.25) is 0 Å². The van der Waals surface area contributed by atoms with E-state index in [1.54, 1.807) is 0 Å². The molecule has 0 radical (unpaired) electrons. The SMILES string of the molecule is CC1CC(C)CC(C2CCCC(C=O)C2)C1. The van der Waals surface area contributed by atoms with Crippen LogP contribution in [0.1, 0.15) is 58.8 Å². The lowest BCUT2D eigenvalue weighted by molar-refractivity contribution is -0.112. The van der Waals surface area contributed by atoms with Gasteiger partial charge in [-0.25, -0.2) is 0 Å². The Kier molecular flexibility index (Phi) is 4.05. The van der Waals surface area contributed by atoms with Crippen LogP contribution >= 0.6 is 0 Å². The van der Waals surface area contributed by atoms with Crippen molar-refractivity contribution in [2.75, 3.05) is 0 Å². The summed E-state index contributed by atoms with van der Waals surface area (Å²) in [7, 11) is 0. The second-order valence-electron chi connectivity index (χ2n) is 6.50. The highest BCUT2D eigenvalue weighted by Gasteiger charge is 2.32. The molecule has 1 heteroatoms. The van der Waals surface area contributed by atoms with Crippen molar-refractivity contribution in [3.8, 4) is 0 Å². The van der Waals surface area contributed by atoms with E-state index in [0.29, 0.717) is 5.92 Å². The molecule has 2 fully saturated rings. The topological polar surface area (TPSA) is 17.1 Å². The fourth-order valence-corrected chi connectivity index (χ4v) is 4.21. The quantitative estimate of drug-likeness (QED) is 0.644. The van der Waals surface area contributed by atoms with Crippen LogP contribution in [0.2, 0.25) is 0 Å². The van der Waals surface area contributed by atoms with Crippen molar-refractivity contribution >= 4 is 6.29 Å². The Balaban J connectivity index is 1.92. The number of carbonyl (C=O) groups is 1. The minimum Gasteiger partial charge on any atom is -0.303 e. The molecule has 0 saturated heterocycles. The van der Waals surface area contributed by atoms with E-state index < -0.39 is 0 Å². The highest BCUT2D eigenvalue weighted by molar-refractivity contribution is 5.53. The van der Waals surface area contributed by atoms with Gasteiger partial charge in [-0.05, 0) is 55.8 Å². The molecule has 0 bridgehead atoms. The zero-order valence-electron chi connectivity index (χ0n) is 10.8. The molecule has 2 saturated carbocycles. The zero-order valence-corrected chi connectivity index (χ0v) is 10.8. The Morgan fingerprint density at radius 3 is 2.19 bits per heavy atom. The Labute approximate surface area is 100.0 Å². The van der Waals surface area contributed by atoms with E-state index in [-0.39, 0.29) is 0 Å². The molecule has 92 valence electrons. The lowest BCUT2D eigenvalue weighted by atomic mass is 9.66. The Morgan fingerprint density at radius 2 is 1.56 bits per heavy atom. The largest absolute Gasteiger partial charge is 0.303 e. The van der Waals surface area contributed by atoms with Crippen LogP contribution in [0.25, 0.3) is 0 Å². The zero-order chi connectivity index (χ0) is 11.5. The van der Waals surface area contributed by atoms with Crippen LogP contribution in [0.5, 0.6) is 0 Å². The third-order valence-electron chi connectivity index (χ3n) is 4.83. The van der Waals surface area contributed by atoms with Gasteiger partial charge in [0, 0.05) is 5.92 Å². The summed E-state index contributed by atoms with van der Waals surface area (Å²) in [6.07, 6.45) is 10.5. The van der Waals surface area contributed by atoms with Crippen LogP contribution in [0, 0.1) is 29.6 Å². The number of aldehydes is 1. The van der Waals surface area contributed by atoms with Crippen LogP contribution in [0.15, 0.2) is 0 Å². The first-order valence-corrected chi connectivity index (χ1v) is 7.14. The van der Waals surface area contributed by atoms with Crippen molar-refractivity contribution in [2.24, 2.45) is 29.6 Å². The summed E-state index contributed by atoms with van der Waals surface area (Å²) >= 11 is 0. The van der Waals surface area contributed by atoms with Crippen molar-refractivity contribution in [1.82, 2.24) is 0 Å². The van der Waals surface area contributed by atoms with Crippen molar-refractivity contribution in [3.63, 3.8) is 0 Å². The van der Waals surface area contributed by atoms with Gasteiger partial charge in [0.15, 0.2) is 0 Å². The molecular formula is C15H26O. The third-order valence-corrected chi connectivity index (χ3v) is 4.83. The highest BCUT2D eigenvalue weighted by Crippen LogP contribution is 2.43. The molecule has 0 aromatic rings. The molecule has 0 heterocycles. The molecule has 0 aliphatic heterocycles. The molecule has 4 atom stereocenters. The van der Waals surface area contributed by atoms with Gasteiger partial charge in [0.25, 0.3) is 0 Å². The van der Waals surface area contributed by atoms with Crippen molar-refractivity contribution < 1.29 is 4.79 Å². The van der Waals surface area contributed by atoms with E-state index >= 15 is 0 Å². The van der Waals surface area contributed by atoms with Gasteiger partial charge in [-0.3, -0.25) is 0 Å². The van der Waals surface area contributed by atoms with E-state index in [2.05, 4.69) is 13.8 Å². The molecule has 1 nitrogen and oxygen atoms in total. The van der Waals surface area contributed by atoms with Crippen LogP contribution in [0.3, 0.4) is 0 Å². The summed E-state index contributed by atoms with van der Waals surface area (Å²) < 4.78 is 0. The van der Waals surface area contributed by atoms with E-state index in [9.17, 15) is 4.79 Å². The maximum Gasteiger partial charge on any atom is 0.123 e. The van der Waals surface area contributed by atoms with E-state index in [4.69, 9.17) is 0 Å². The molecule has 0 aromatic carbocycles. The predicted octanol–water partition coefficient (Wildman–Crippen LogP) is 4.06. The second-order valence-corrected chi connectivity index (χ2v) is 6.50. The van der Waals surface area contributed by atoms with Gasteiger partial charge in [-0.15, -0.1) is 0 Å². The minimum atomic E-state index is 0.381. The van der Waals surface area contributed by atoms with Gasteiger partial charge in [0.05, 0.1) is 0 Å². The second kappa shape index (κ2) is 5.33. The molecule has 2 aliphatic rings. The van der Waals surface area contributed by atoms with Gasteiger partial charge >= 0.3 is 0 Å². The molecule has 4 unspecified atom stereocenters. The van der Waals surface area contributed by atoms with E-state index in [1.807, 2.05) is 0 Å². The summed E-state index contributed by atoms with van der Waals surface area (Å²) in [4.78, 5) is 10.9.